The van der Waals surface area contributed by atoms with E-state index in [-0.39, 0.29) is 25.1 Å². The first-order chi connectivity index (χ1) is 15.6. The Morgan fingerprint density at radius 2 is 1.82 bits per heavy atom. The molecular formula is C27H43N3O3. The number of ether oxygens (including phenoxy) is 1. The van der Waals surface area contributed by atoms with E-state index < -0.39 is 0 Å². The van der Waals surface area contributed by atoms with E-state index in [1.165, 1.54) is 46.3 Å². The summed E-state index contributed by atoms with van der Waals surface area (Å²) in [5.41, 5.74) is 3.54. The third-order valence-electron chi connectivity index (χ3n) is 6.54. The van der Waals surface area contributed by atoms with E-state index in [9.17, 15) is 9.59 Å². The fourth-order valence-electron chi connectivity index (χ4n) is 4.94. The number of fused-ring (bicyclic) bond motifs is 3. The van der Waals surface area contributed by atoms with Crippen LogP contribution >= 0.6 is 0 Å². The van der Waals surface area contributed by atoms with Gasteiger partial charge in [0, 0.05) is 44.6 Å². The predicted molar refractivity (Wildman–Crippen MR) is 135 cm³/mol. The van der Waals surface area contributed by atoms with Crippen LogP contribution in [0.25, 0.3) is 10.9 Å². The molecule has 0 saturated heterocycles. The lowest BCUT2D eigenvalue weighted by Gasteiger charge is -2.38. The van der Waals surface area contributed by atoms with Gasteiger partial charge in [-0.1, -0.05) is 44.4 Å². The van der Waals surface area contributed by atoms with Gasteiger partial charge < -0.3 is 19.5 Å². The van der Waals surface area contributed by atoms with E-state index in [0.717, 1.165) is 32.2 Å². The Hall–Kier alpha value is -2.50. The minimum Gasteiger partial charge on any atom is -0.444 e. The molecule has 0 radical (unpaired) electrons. The molecule has 6 nitrogen and oxygen atoms in total. The molecule has 1 aromatic carbocycles. The molecule has 2 aromatic rings. The highest BCUT2D eigenvalue weighted by Gasteiger charge is 2.35. The molecule has 2 amide bonds. The number of aromatic nitrogens is 1. The highest BCUT2D eigenvalue weighted by molar-refractivity contribution is 5.86. The number of benzene rings is 1. The summed E-state index contributed by atoms with van der Waals surface area (Å²) in [6.45, 7) is 8.60. The van der Waals surface area contributed by atoms with Gasteiger partial charge in [-0.15, -0.1) is 0 Å². The molecule has 1 fully saturated rings. The molecule has 184 valence electrons. The smallest absolute Gasteiger partial charge is 0.409 e. The molecule has 0 spiro atoms. The first-order valence-electron chi connectivity index (χ1n) is 12.4. The number of amides is 2. The molecule has 33 heavy (non-hydrogen) atoms. The summed E-state index contributed by atoms with van der Waals surface area (Å²) >= 11 is 0. The number of para-hydroxylation sites is 1. The molecule has 1 atom stereocenters. The quantitative estimate of drug-likeness (QED) is 0.574. The lowest BCUT2D eigenvalue weighted by molar-refractivity contribution is -0.139. The maximum Gasteiger partial charge on any atom is 0.409 e. The molecule has 1 aromatic heterocycles. The predicted octanol–water partition coefficient (Wildman–Crippen LogP) is 6.31. The third kappa shape index (κ3) is 6.10. The van der Waals surface area contributed by atoms with Crippen molar-refractivity contribution in [1.29, 1.82) is 0 Å². The van der Waals surface area contributed by atoms with Gasteiger partial charge in [0.15, 0.2) is 0 Å². The maximum atomic E-state index is 13.1. The van der Waals surface area contributed by atoms with Crippen molar-refractivity contribution in [3.63, 3.8) is 0 Å². The van der Waals surface area contributed by atoms with Crippen molar-refractivity contribution in [2.75, 3.05) is 20.6 Å². The third-order valence-corrected chi connectivity index (χ3v) is 6.54. The van der Waals surface area contributed by atoms with E-state index in [0.29, 0.717) is 5.91 Å². The zero-order valence-electron chi connectivity index (χ0n) is 21.2. The SMILES string of the molecule is CCC1c2[nH]c3ccccc3c2CCN1C(=O)C1CCCCC1.CN(C)C(=O)OC(C)(C)C.[HH]. The topological polar surface area (TPSA) is 65.6 Å². The monoisotopic (exact) mass is 457 g/mol. The normalized spacial score (nSPS) is 18.8. The number of nitrogens with one attached hydrogen (secondary N) is 1. The van der Waals surface area contributed by atoms with Gasteiger partial charge in [0.05, 0.1) is 6.04 Å². The van der Waals surface area contributed by atoms with Crippen LogP contribution in [-0.2, 0) is 16.0 Å². The summed E-state index contributed by atoms with van der Waals surface area (Å²) in [6.07, 6.45) is 7.58. The Balaban J connectivity index is 0.000000320. The Morgan fingerprint density at radius 3 is 2.39 bits per heavy atom. The summed E-state index contributed by atoms with van der Waals surface area (Å²) in [7, 11) is 3.32. The first-order valence-corrected chi connectivity index (χ1v) is 12.4. The van der Waals surface area contributed by atoms with Gasteiger partial charge in [-0.05, 0) is 58.1 Å². The molecule has 4 rings (SSSR count). The molecule has 1 aliphatic heterocycles. The minimum absolute atomic E-state index is 0. The van der Waals surface area contributed by atoms with Crippen LogP contribution in [0, 0.1) is 5.92 Å². The summed E-state index contributed by atoms with van der Waals surface area (Å²) < 4.78 is 4.99. The van der Waals surface area contributed by atoms with E-state index in [1.54, 1.807) is 14.1 Å². The lowest BCUT2D eigenvalue weighted by atomic mass is 9.86. The van der Waals surface area contributed by atoms with Crippen LogP contribution in [0.4, 0.5) is 4.79 Å². The summed E-state index contributed by atoms with van der Waals surface area (Å²) in [5, 5.41) is 1.34. The van der Waals surface area contributed by atoms with E-state index in [2.05, 4.69) is 41.1 Å². The van der Waals surface area contributed by atoms with Crippen LogP contribution in [0.2, 0.25) is 0 Å². The molecule has 6 heteroatoms. The Labute approximate surface area is 200 Å². The van der Waals surface area contributed by atoms with Crippen LogP contribution < -0.4 is 0 Å². The van der Waals surface area contributed by atoms with Crippen LogP contribution in [-0.4, -0.2) is 53.0 Å². The zero-order valence-corrected chi connectivity index (χ0v) is 21.2. The highest BCUT2D eigenvalue weighted by atomic mass is 16.6. The molecular weight excluding hydrogens is 414 g/mol. The maximum absolute atomic E-state index is 13.1. The van der Waals surface area contributed by atoms with Gasteiger partial charge in [0.25, 0.3) is 0 Å². The van der Waals surface area contributed by atoms with Gasteiger partial charge in [-0.2, -0.15) is 0 Å². The average Bonchev–Trinajstić information content (AvgIpc) is 3.16. The minimum atomic E-state index is -0.388. The number of hydrogen-bond acceptors (Lipinski definition) is 3. The highest BCUT2D eigenvalue weighted by Crippen LogP contribution is 2.38. The van der Waals surface area contributed by atoms with Crippen molar-refractivity contribution in [1.82, 2.24) is 14.8 Å². The van der Waals surface area contributed by atoms with Crippen molar-refractivity contribution in [3.8, 4) is 0 Å². The van der Waals surface area contributed by atoms with Crippen LogP contribution in [0.3, 0.4) is 0 Å². The number of carbonyl (C=O) groups excluding carboxylic acids is 2. The molecule has 2 heterocycles. The number of H-pyrrole nitrogens is 1. The Kier molecular flexibility index (Phi) is 8.09. The van der Waals surface area contributed by atoms with Gasteiger partial charge >= 0.3 is 6.09 Å². The van der Waals surface area contributed by atoms with Gasteiger partial charge in [0.2, 0.25) is 5.91 Å². The number of hydrogen-bond donors (Lipinski definition) is 1. The van der Waals surface area contributed by atoms with E-state index >= 15 is 0 Å². The number of nitrogens with zero attached hydrogens (tertiary/aromatic N) is 2. The second-order valence-corrected chi connectivity index (χ2v) is 10.5. The van der Waals surface area contributed by atoms with Crippen molar-refractivity contribution in [3.05, 3.63) is 35.5 Å². The zero-order chi connectivity index (χ0) is 24.2. The van der Waals surface area contributed by atoms with Crippen LogP contribution in [0.15, 0.2) is 24.3 Å². The largest absolute Gasteiger partial charge is 0.444 e. The fraction of sp³-hybridized carbons (Fsp3) is 0.630. The van der Waals surface area contributed by atoms with Crippen molar-refractivity contribution in [2.45, 2.75) is 84.3 Å². The standard InChI is InChI=1S/C20H26N2O.C7H15NO2.H2/c1-2-18-19-16(15-10-6-7-11-17(15)21-19)12-13-22(18)20(23)14-8-4-3-5-9-14;1-7(2,3)10-6(9)8(4)5;/h6-7,10-11,14,18,21H,2-5,8-9,12-13H2,1H3;1-5H3;1H. The molecule has 1 aliphatic carbocycles. The second kappa shape index (κ2) is 10.6. The second-order valence-electron chi connectivity index (χ2n) is 10.5. The van der Waals surface area contributed by atoms with Crippen molar-refractivity contribution < 1.29 is 15.8 Å². The van der Waals surface area contributed by atoms with Gasteiger partial charge in [0.1, 0.15) is 5.60 Å². The number of carbonyl (C=O) groups is 2. The van der Waals surface area contributed by atoms with Crippen molar-refractivity contribution in [2.24, 2.45) is 5.92 Å². The van der Waals surface area contributed by atoms with E-state index in [1.807, 2.05) is 20.8 Å². The summed E-state index contributed by atoms with van der Waals surface area (Å²) in [6, 6.07) is 8.76. The Morgan fingerprint density at radius 1 is 1.15 bits per heavy atom. The molecule has 1 unspecified atom stereocenters. The number of rotatable bonds is 2. The lowest BCUT2D eigenvalue weighted by Crippen LogP contribution is -2.43. The van der Waals surface area contributed by atoms with Gasteiger partial charge in [-0.3, -0.25) is 4.79 Å². The van der Waals surface area contributed by atoms with E-state index in [4.69, 9.17) is 4.74 Å². The molecule has 2 aliphatic rings. The molecule has 1 saturated carbocycles. The first kappa shape index (κ1) is 25.1. The van der Waals surface area contributed by atoms with Crippen LogP contribution in [0.1, 0.15) is 84.9 Å². The summed E-state index contributed by atoms with van der Waals surface area (Å²) in [4.78, 5) is 31.1. The number of aromatic amines is 1. The molecule has 0 bridgehead atoms. The summed E-state index contributed by atoms with van der Waals surface area (Å²) in [5.74, 6) is 0.671. The van der Waals surface area contributed by atoms with Gasteiger partial charge in [-0.25, -0.2) is 4.79 Å². The van der Waals surface area contributed by atoms with Crippen LogP contribution in [0.5, 0.6) is 0 Å². The Bertz CT molecular complexity index is 958. The fourth-order valence-corrected chi connectivity index (χ4v) is 4.94. The molecule has 1 N–H and O–H groups in total. The van der Waals surface area contributed by atoms with Crippen molar-refractivity contribution >= 4 is 22.9 Å². The average molecular weight is 458 g/mol.